The number of thioether (sulfide) groups is 1. The molecule has 3 rings (SSSR count). The molecule has 0 atom stereocenters. The zero-order chi connectivity index (χ0) is 14.8. The van der Waals surface area contributed by atoms with Crippen molar-refractivity contribution in [2.24, 2.45) is 0 Å². The molecule has 1 aromatic carbocycles. The molecular formula is C17H14N2S2. The third kappa shape index (κ3) is 2.67. The lowest BCUT2D eigenvalue weighted by atomic mass is 10.0. The topological polar surface area (TPSA) is 25.8 Å². The summed E-state index contributed by atoms with van der Waals surface area (Å²) in [6, 6.07) is 10.4. The van der Waals surface area contributed by atoms with Crippen molar-refractivity contribution in [1.29, 1.82) is 0 Å². The standard InChI is InChI=1S/C17H14N2S2/c1-4-10-20-16-15-14(13-8-6-5-7-9-13)11(2)21-17(15)19-12(3)18-16/h1,5-9H,10H2,2-3H3. The Kier molecular flexibility index (Phi) is 3.96. The number of aryl methyl sites for hydroxylation is 2. The lowest BCUT2D eigenvalue weighted by molar-refractivity contribution is 1.02. The van der Waals surface area contributed by atoms with E-state index < -0.39 is 0 Å². The third-order valence-corrected chi connectivity index (χ3v) is 5.04. The fourth-order valence-electron chi connectivity index (χ4n) is 2.35. The van der Waals surface area contributed by atoms with Gasteiger partial charge in [-0.2, -0.15) is 0 Å². The summed E-state index contributed by atoms with van der Waals surface area (Å²) in [6.45, 7) is 4.07. The molecule has 2 nitrogen and oxygen atoms in total. The number of thiophene rings is 1. The van der Waals surface area contributed by atoms with E-state index in [4.69, 9.17) is 6.42 Å². The van der Waals surface area contributed by atoms with Gasteiger partial charge in [0.15, 0.2) is 0 Å². The first-order valence-electron chi connectivity index (χ1n) is 6.60. The molecule has 0 aliphatic heterocycles. The number of terminal acetylenes is 1. The van der Waals surface area contributed by atoms with Crippen LogP contribution in [0.2, 0.25) is 0 Å². The highest BCUT2D eigenvalue weighted by molar-refractivity contribution is 7.99. The van der Waals surface area contributed by atoms with Crippen molar-refractivity contribution in [3.05, 3.63) is 41.0 Å². The predicted octanol–water partition coefficient (Wildman–Crippen LogP) is 4.70. The van der Waals surface area contributed by atoms with Crippen LogP contribution >= 0.6 is 23.1 Å². The number of nitrogens with zero attached hydrogens (tertiary/aromatic N) is 2. The van der Waals surface area contributed by atoms with Crippen LogP contribution in [0.4, 0.5) is 0 Å². The van der Waals surface area contributed by atoms with Gasteiger partial charge in [-0.05, 0) is 19.4 Å². The molecule has 0 radical (unpaired) electrons. The second kappa shape index (κ2) is 5.88. The second-order valence-corrected chi connectivity index (χ2v) is 6.82. The maximum Gasteiger partial charge on any atom is 0.129 e. The Morgan fingerprint density at radius 2 is 1.95 bits per heavy atom. The van der Waals surface area contributed by atoms with Crippen LogP contribution in [0.3, 0.4) is 0 Å². The highest BCUT2D eigenvalue weighted by atomic mass is 32.2. The van der Waals surface area contributed by atoms with Gasteiger partial charge in [0.25, 0.3) is 0 Å². The van der Waals surface area contributed by atoms with Crippen molar-refractivity contribution in [3.8, 4) is 23.5 Å². The first-order chi connectivity index (χ1) is 10.2. The van der Waals surface area contributed by atoms with Crippen molar-refractivity contribution < 1.29 is 0 Å². The van der Waals surface area contributed by atoms with Crippen molar-refractivity contribution in [3.63, 3.8) is 0 Å². The monoisotopic (exact) mass is 310 g/mol. The molecule has 0 unspecified atom stereocenters. The van der Waals surface area contributed by atoms with E-state index in [1.165, 1.54) is 16.0 Å². The van der Waals surface area contributed by atoms with E-state index in [9.17, 15) is 0 Å². The Hall–Kier alpha value is -1.83. The van der Waals surface area contributed by atoms with Crippen LogP contribution in [0.15, 0.2) is 35.4 Å². The van der Waals surface area contributed by atoms with Gasteiger partial charge in [0.2, 0.25) is 0 Å². The molecule has 0 aliphatic carbocycles. The third-order valence-electron chi connectivity index (χ3n) is 3.16. The Bertz CT molecular complexity index is 829. The molecule has 0 N–H and O–H groups in total. The van der Waals surface area contributed by atoms with E-state index in [1.807, 2.05) is 13.0 Å². The minimum atomic E-state index is 0.620. The largest absolute Gasteiger partial charge is 0.226 e. The summed E-state index contributed by atoms with van der Waals surface area (Å²) in [5.74, 6) is 4.09. The smallest absolute Gasteiger partial charge is 0.129 e. The maximum absolute atomic E-state index is 5.40. The highest BCUT2D eigenvalue weighted by Crippen LogP contribution is 2.41. The van der Waals surface area contributed by atoms with Crippen molar-refractivity contribution >= 4 is 33.3 Å². The molecule has 4 heteroatoms. The summed E-state index contributed by atoms with van der Waals surface area (Å²) in [6.07, 6.45) is 5.40. The van der Waals surface area contributed by atoms with Crippen LogP contribution in [0, 0.1) is 26.2 Å². The summed E-state index contributed by atoms with van der Waals surface area (Å²) < 4.78 is 0. The van der Waals surface area contributed by atoms with Gasteiger partial charge in [-0.1, -0.05) is 48.0 Å². The van der Waals surface area contributed by atoms with Gasteiger partial charge in [-0.15, -0.1) is 17.8 Å². The summed E-state index contributed by atoms with van der Waals surface area (Å²) in [5, 5.41) is 2.12. The molecule has 2 aromatic heterocycles. The van der Waals surface area contributed by atoms with E-state index >= 15 is 0 Å². The van der Waals surface area contributed by atoms with Crippen LogP contribution in [0.25, 0.3) is 21.3 Å². The summed E-state index contributed by atoms with van der Waals surface area (Å²) in [4.78, 5) is 11.5. The molecule has 21 heavy (non-hydrogen) atoms. The van der Waals surface area contributed by atoms with Crippen LogP contribution in [0.5, 0.6) is 0 Å². The van der Waals surface area contributed by atoms with Crippen LogP contribution in [-0.2, 0) is 0 Å². The first-order valence-corrected chi connectivity index (χ1v) is 8.40. The van der Waals surface area contributed by atoms with E-state index in [2.05, 4.69) is 47.1 Å². The van der Waals surface area contributed by atoms with Gasteiger partial charge in [0, 0.05) is 10.4 Å². The van der Waals surface area contributed by atoms with Crippen molar-refractivity contribution in [2.45, 2.75) is 18.9 Å². The number of fused-ring (bicyclic) bond motifs is 1. The molecular weight excluding hydrogens is 296 g/mol. The predicted molar refractivity (Wildman–Crippen MR) is 91.9 cm³/mol. The van der Waals surface area contributed by atoms with Crippen LogP contribution < -0.4 is 0 Å². The quantitative estimate of drug-likeness (QED) is 0.398. The van der Waals surface area contributed by atoms with Crippen LogP contribution in [-0.4, -0.2) is 15.7 Å². The van der Waals surface area contributed by atoms with Gasteiger partial charge in [0.1, 0.15) is 15.7 Å². The summed E-state index contributed by atoms with van der Waals surface area (Å²) in [7, 11) is 0. The molecule has 3 aromatic rings. The Balaban J connectivity index is 2.29. The fourth-order valence-corrected chi connectivity index (χ4v) is 4.26. The average molecular weight is 310 g/mol. The first kappa shape index (κ1) is 14.1. The summed E-state index contributed by atoms with van der Waals surface area (Å²) >= 11 is 3.32. The van der Waals surface area contributed by atoms with E-state index in [1.54, 1.807) is 23.1 Å². The molecule has 0 spiro atoms. The lowest BCUT2D eigenvalue weighted by Gasteiger charge is -2.06. The highest BCUT2D eigenvalue weighted by Gasteiger charge is 2.17. The van der Waals surface area contributed by atoms with Gasteiger partial charge in [0.05, 0.1) is 11.1 Å². The molecule has 0 aliphatic rings. The minimum Gasteiger partial charge on any atom is -0.226 e. The number of hydrogen-bond donors (Lipinski definition) is 0. The van der Waals surface area contributed by atoms with Crippen molar-refractivity contribution in [2.75, 3.05) is 5.75 Å². The van der Waals surface area contributed by atoms with E-state index in [-0.39, 0.29) is 0 Å². The molecule has 2 heterocycles. The molecule has 0 saturated carbocycles. The number of rotatable bonds is 3. The van der Waals surface area contributed by atoms with Crippen molar-refractivity contribution in [1.82, 2.24) is 9.97 Å². The number of hydrogen-bond acceptors (Lipinski definition) is 4. The van der Waals surface area contributed by atoms with Gasteiger partial charge < -0.3 is 0 Å². The van der Waals surface area contributed by atoms with E-state index in [0.717, 1.165) is 21.1 Å². The average Bonchev–Trinajstić information content (AvgIpc) is 2.81. The maximum atomic E-state index is 5.40. The Morgan fingerprint density at radius 1 is 1.19 bits per heavy atom. The van der Waals surface area contributed by atoms with Crippen LogP contribution in [0.1, 0.15) is 10.7 Å². The van der Waals surface area contributed by atoms with Gasteiger partial charge in [-0.25, -0.2) is 9.97 Å². The molecule has 0 bridgehead atoms. The van der Waals surface area contributed by atoms with E-state index in [0.29, 0.717) is 5.75 Å². The number of aromatic nitrogens is 2. The molecule has 0 saturated heterocycles. The molecule has 0 amide bonds. The van der Waals surface area contributed by atoms with Gasteiger partial charge >= 0.3 is 0 Å². The SMILES string of the molecule is C#CCSc1nc(C)nc2sc(C)c(-c3ccccc3)c12. The zero-order valence-corrected chi connectivity index (χ0v) is 13.5. The zero-order valence-electron chi connectivity index (χ0n) is 11.9. The molecule has 104 valence electrons. The second-order valence-electron chi connectivity index (χ2n) is 4.65. The minimum absolute atomic E-state index is 0.620. The Morgan fingerprint density at radius 3 is 2.67 bits per heavy atom. The lowest BCUT2D eigenvalue weighted by Crippen LogP contribution is -1.92. The normalized spacial score (nSPS) is 10.7. The number of benzene rings is 1. The fraction of sp³-hybridized carbons (Fsp3) is 0.176. The van der Waals surface area contributed by atoms with Gasteiger partial charge in [-0.3, -0.25) is 0 Å². The Labute approximate surface area is 132 Å². The summed E-state index contributed by atoms with van der Waals surface area (Å²) in [5.41, 5.74) is 2.44. The molecule has 0 fully saturated rings.